The number of fused-ring (bicyclic) bond motifs is 4. The van der Waals surface area contributed by atoms with Crippen molar-refractivity contribution in [2.75, 3.05) is 0 Å². The van der Waals surface area contributed by atoms with Gasteiger partial charge in [0.05, 0.1) is 5.01 Å². The fourth-order valence-electron chi connectivity index (χ4n) is 5.74. The lowest BCUT2D eigenvalue weighted by Gasteiger charge is -2.51. The fourth-order valence-corrected chi connectivity index (χ4v) is 6.83. The number of rotatable bonds is 7. The molecule has 3 saturated carbocycles. The lowest BCUT2D eigenvalue weighted by molar-refractivity contribution is 0.0688. The SMILES string of the molecule is CCCn1c(=O)c2nc(C34CCC(c5nc(C(=O)O)cs5)(CC3)CC4)[nH]c2n(CCC)c1=O. The van der Waals surface area contributed by atoms with E-state index in [4.69, 9.17) is 4.98 Å². The smallest absolute Gasteiger partial charge is 0.355 e. The normalized spacial score (nSPS) is 24.5. The van der Waals surface area contributed by atoms with Crippen molar-refractivity contribution in [2.45, 2.75) is 89.1 Å². The van der Waals surface area contributed by atoms with Crippen LogP contribution in [0.1, 0.15) is 86.5 Å². The number of nitrogens with zero attached hydrogens (tertiary/aromatic N) is 4. The zero-order chi connectivity index (χ0) is 23.4. The van der Waals surface area contributed by atoms with Crippen LogP contribution in [0.2, 0.25) is 0 Å². The van der Waals surface area contributed by atoms with Crippen molar-refractivity contribution in [3.05, 3.63) is 42.7 Å². The van der Waals surface area contributed by atoms with Crippen LogP contribution >= 0.6 is 11.3 Å². The zero-order valence-electron chi connectivity index (χ0n) is 19.0. The molecular weight excluding hydrogens is 442 g/mol. The summed E-state index contributed by atoms with van der Waals surface area (Å²) in [7, 11) is 0. The summed E-state index contributed by atoms with van der Waals surface area (Å²) in [5, 5.41) is 11.8. The first-order chi connectivity index (χ1) is 15.8. The molecule has 3 aliphatic rings. The van der Waals surface area contributed by atoms with Crippen LogP contribution in [-0.4, -0.2) is 35.2 Å². The first kappa shape index (κ1) is 22.1. The number of thiazole rings is 1. The predicted octanol–water partition coefficient (Wildman–Crippen LogP) is 3.40. The number of carboxylic acids is 1. The average molecular weight is 472 g/mol. The van der Waals surface area contributed by atoms with Crippen molar-refractivity contribution in [1.29, 1.82) is 0 Å². The maximum Gasteiger partial charge on any atom is 0.355 e. The quantitative estimate of drug-likeness (QED) is 0.544. The van der Waals surface area contributed by atoms with Gasteiger partial charge < -0.3 is 10.1 Å². The fraction of sp³-hybridized carbons (Fsp3) is 0.609. The molecule has 0 amide bonds. The van der Waals surface area contributed by atoms with E-state index in [-0.39, 0.29) is 27.8 Å². The number of imidazole rings is 1. The summed E-state index contributed by atoms with van der Waals surface area (Å²) >= 11 is 1.45. The molecule has 176 valence electrons. The third kappa shape index (κ3) is 3.29. The van der Waals surface area contributed by atoms with Crippen molar-refractivity contribution in [3.63, 3.8) is 0 Å². The highest BCUT2D eigenvalue weighted by atomic mass is 32.1. The minimum atomic E-state index is -0.982. The molecular formula is C23H29N5O4S. The Hall–Kier alpha value is -2.75. The van der Waals surface area contributed by atoms with Gasteiger partial charge in [0.25, 0.3) is 5.56 Å². The Kier molecular flexibility index (Phi) is 5.30. The van der Waals surface area contributed by atoms with Gasteiger partial charge in [-0.25, -0.2) is 19.6 Å². The van der Waals surface area contributed by atoms with E-state index in [0.717, 1.165) is 55.8 Å². The molecule has 9 nitrogen and oxygen atoms in total. The number of hydrogen-bond donors (Lipinski definition) is 2. The monoisotopic (exact) mass is 471 g/mol. The Balaban J connectivity index is 1.52. The van der Waals surface area contributed by atoms with Crippen molar-refractivity contribution in [1.82, 2.24) is 24.1 Å². The van der Waals surface area contributed by atoms with Crippen LogP contribution in [0, 0.1) is 0 Å². The third-order valence-corrected chi connectivity index (χ3v) is 8.77. The zero-order valence-corrected chi connectivity index (χ0v) is 19.8. The van der Waals surface area contributed by atoms with Crippen LogP contribution < -0.4 is 11.2 Å². The number of aromatic carboxylic acids is 1. The van der Waals surface area contributed by atoms with Crippen LogP contribution in [0.5, 0.6) is 0 Å². The van der Waals surface area contributed by atoms with Gasteiger partial charge >= 0.3 is 11.7 Å². The summed E-state index contributed by atoms with van der Waals surface area (Å²) in [6.07, 6.45) is 6.93. The van der Waals surface area contributed by atoms with Crippen LogP contribution in [0.3, 0.4) is 0 Å². The summed E-state index contributed by atoms with van der Waals surface area (Å²) < 4.78 is 2.98. The molecule has 10 heteroatoms. The Morgan fingerprint density at radius 1 is 1.03 bits per heavy atom. The molecule has 0 atom stereocenters. The van der Waals surface area contributed by atoms with E-state index in [2.05, 4.69) is 9.97 Å². The molecule has 3 aliphatic carbocycles. The van der Waals surface area contributed by atoms with E-state index in [1.165, 1.54) is 15.9 Å². The van der Waals surface area contributed by atoms with Crippen LogP contribution in [-0.2, 0) is 23.9 Å². The third-order valence-electron chi connectivity index (χ3n) is 7.68. The van der Waals surface area contributed by atoms with Crippen molar-refractivity contribution < 1.29 is 9.90 Å². The van der Waals surface area contributed by atoms with Gasteiger partial charge in [-0.3, -0.25) is 13.9 Å². The number of nitrogens with one attached hydrogen (secondary N) is 1. The lowest BCUT2D eigenvalue weighted by Crippen LogP contribution is -2.47. The average Bonchev–Trinajstić information content (AvgIpc) is 3.50. The highest BCUT2D eigenvalue weighted by Gasteiger charge is 2.53. The second-order valence-corrected chi connectivity index (χ2v) is 10.4. The first-order valence-electron chi connectivity index (χ1n) is 11.8. The van der Waals surface area contributed by atoms with Gasteiger partial charge in [-0.1, -0.05) is 13.8 Å². The topological polar surface area (TPSA) is 123 Å². The van der Waals surface area contributed by atoms with E-state index < -0.39 is 5.97 Å². The van der Waals surface area contributed by atoms with Gasteiger partial charge in [0.15, 0.2) is 11.2 Å². The molecule has 33 heavy (non-hydrogen) atoms. The van der Waals surface area contributed by atoms with Gasteiger partial charge in [0.2, 0.25) is 0 Å². The number of carboxylic acid groups (broad SMARTS) is 1. The molecule has 0 spiro atoms. The highest BCUT2D eigenvalue weighted by molar-refractivity contribution is 7.10. The molecule has 3 fully saturated rings. The standard InChI is InChI=1S/C23H29N5O4S/c1-3-11-27-16-15(17(29)28(12-4-2)21(27)32)25-19(26-16)22-5-8-23(9-6-22,10-7-22)20-24-14(13-33-20)18(30)31/h13H,3-12H2,1-2H3,(H,25,26)(H,30,31). The summed E-state index contributed by atoms with van der Waals surface area (Å²) in [6, 6.07) is 0. The van der Waals surface area contributed by atoms with Crippen LogP contribution in [0.4, 0.5) is 0 Å². The van der Waals surface area contributed by atoms with Crippen LogP contribution in [0.15, 0.2) is 15.0 Å². The second kappa shape index (κ2) is 7.93. The molecule has 3 aromatic rings. The van der Waals surface area contributed by atoms with Gasteiger partial charge in [-0.15, -0.1) is 11.3 Å². The molecule has 0 unspecified atom stereocenters. The largest absolute Gasteiger partial charge is 0.476 e. The number of H-pyrrole nitrogens is 1. The number of carbonyl (C=O) groups is 1. The van der Waals surface area contributed by atoms with Gasteiger partial charge in [0, 0.05) is 29.3 Å². The van der Waals surface area contributed by atoms with Crippen molar-refractivity contribution in [2.24, 2.45) is 0 Å². The number of hydrogen-bond acceptors (Lipinski definition) is 6. The number of aromatic amines is 1. The highest BCUT2D eigenvalue weighted by Crippen LogP contribution is 2.58. The number of aryl methyl sites for hydroxylation is 1. The molecule has 0 saturated heterocycles. The van der Waals surface area contributed by atoms with Gasteiger partial charge in [-0.05, 0) is 51.4 Å². The van der Waals surface area contributed by atoms with E-state index in [9.17, 15) is 19.5 Å². The minimum Gasteiger partial charge on any atom is -0.476 e. The van der Waals surface area contributed by atoms with E-state index in [1.54, 1.807) is 9.95 Å². The van der Waals surface area contributed by atoms with Gasteiger partial charge in [0.1, 0.15) is 11.5 Å². The summed E-state index contributed by atoms with van der Waals surface area (Å²) in [4.78, 5) is 50.0. The summed E-state index contributed by atoms with van der Waals surface area (Å²) in [6.45, 7) is 4.89. The molecule has 6 rings (SSSR count). The van der Waals surface area contributed by atoms with Crippen LogP contribution in [0.25, 0.3) is 11.2 Å². The predicted molar refractivity (Wildman–Crippen MR) is 125 cm³/mol. The van der Waals surface area contributed by atoms with Crippen molar-refractivity contribution >= 4 is 28.5 Å². The molecule has 0 radical (unpaired) electrons. The van der Waals surface area contributed by atoms with Crippen molar-refractivity contribution in [3.8, 4) is 0 Å². The Bertz CT molecular complexity index is 1320. The molecule has 2 bridgehead atoms. The lowest BCUT2D eigenvalue weighted by atomic mass is 9.53. The summed E-state index contributed by atoms with van der Waals surface area (Å²) in [5.41, 5.74) is 0.224. The Labute approximate surface area is 194 Å². The maximum atomic E-state index is 13.1. The second-order valence-electron chi connectivity index (χ2n) is 9.58. The Morgan fingerprint density at radius 3 is 2.21 bits per heavy atom. The Morgan fingerprint density at radius 2 is 1.64 bits per heavy atom. The van der Waals surface area contributed by atoms with Gasteiger partial charge in [-0.2, -0.15) is 0 Å². The first-order valence-corrected chi connectivity index (χ1v) is 12.7. The summed E-state index contributed by atoms with van der Waals surface area (Å²) in [5.74, 6) is -0.171. The van der Waals surface area contributed by atoms with E-state index in [0.29, 0.717) is 30.7 Å². The molecule has 0 aromatic carbocycles. The van der Waals surface area contributed by atoms with E-state index in [1.807, 2.05) is 13.8 Å². The molecule has 3 heterocycles. The minimum absolute atomic E-state index is 0.0652. The molecule has 0 aliphatic heterocycles. The maximum absolute atomic E-state index is 13.1. The molecule has 3 aromatic heterocycles. The van der Waals surface area contributed by atoms with E-state index >= 15 is 0 Å². The number of aromatic nitrogens is 5. The molecule has 2 N–H and O–H groups in total.